The Balaban J connectivity index is 1.39. The van der Waals surface area contributed by atoms with Crippen LogP contribution in [-0.2, 0) is 17.5 Å². The number of carbonyl (C=O) groups is 1. The number of nitrogens with zero attached hydrogens (tertiary/aromatic N) is 5. The van der Waals surface area contributed by atoms with Crippen molar-refractivity contribution in [2.75, 3.05) is 30.4 Å². The Morgan fingerprint density at radius 3 is 2.74 bits per heavy atom. The molecule has 39 heavy (non-hydrogen) atoms. The zero-order valence-corrected chi connectivity index (χ0v) is 21.5. The van der Waals surface area contributed by atoms with Gasteiger partial charge in [0.15, 0.2) is 0 Å². The maximum Gasteiger partial charge on any atom is 0.416 e. The van der Waals surface area contributed by atoms with Crippen molar-refractivity contribution in [1.82, 2.24) is 19.5 Å². The number of pyridine rings is 2. The lowest BCUT2D eigenvalue weighted by molar-refractivity contribution is -0.137. The Labute approximate surface area is 226 Å². The van der Waals surface area contributed by atoms with Crippen LogP contribution in [0.4, 0.5) is 29.1 Å². The fourth-order valence-electron chi connectivity index (χ4n) is 4.36. The van der Waals surface area contributed by atoms with E-state index in [0.29, 0.717) is 59.4 Å². The number of halogens is 5. The maximum absolute atomic E-state index is 14.9. The summed E-state index contributed by atoms with van der Waals surface area (Å²) in [6.07, 6.45) is -2.11. The molecular weight excluding hydrogens is 586 g/mol. The lowest BCUT2D eigenvalue weighted by Crippen LogP contribution is -2.34. The van der Waals surface area contributed by atoms with Gasteiger partial charge in [0.1, 0.15) is 29.2 Å². The van der Waals surface area contributed by atoms with Gasteiger partial charge in [-0.3, -0.25) is 9.78 Å². The first-order chi connectivity index (χ1) is 18.7. The summed E-state index contributed by atoms with van der Waals surface area (Å²) in [7, 11) is 0. The number of rotatable bonds is 4. The molecule has 2 N–H and O–H groups in total. The van der Waals surface area contributed by atoms with E-state index >= 15 is 0 Å². The van der Waals surface area contributed by atoms with Gasteiger partial charge in [0.2, 0.25) is 5.62 Å². The number of carbonyl (C=O) groups excluding carboxylic acids is 1. The lowest BCUT2D eigenvalue weighted by atomic mass is 10.0. The van der Waals surface area contributed by atoms with E-state index in [-0.39, 0.29) is 11.7 Å². The SMILES string of the molecule is O=C(Nc1cc(-c2cc3cnc(=NC4COC4)nc-3n3c2NCC3)c(Br)cc1F)c1cc(C(F)(F)F)ccn1. The molecule has 1 fully saturated rings. The van der Waals surface area contributed by atoms with Crippen molar-refractivity contribution in [3.05, 3.63) is 69.9 Å². The first kappa shape index (κ1) is 25.4. The zero-order chi connectivity index (χ0) is 27.3. The minimum atomic E-state index is -4.65. The topological polar surface area (TPSA) is 106 Å². The second-order valence-electron chi connectivity index (χ2n) is 8.95. The van der Waals surface area contributed by atoms with E-state index in [1.54, 1.807) is 6.20 Å². The standard InChI is InChI=1S/C25H18BrF4N7O2/c26-17-8-18(27)19(35-23(38)20-6-13(1-2-31-20)25(28,29)30)7-15(17)16-5-12-9-33-24(34-14-10-39-11-14)36-21(12)37-4-3-32-22(16)37/h1-2,5-9,14,32H,3-4,10-11H2,(H,35,38). The van der Waals surface area contributed by atoms with Crippen LogP contribution < -0.4 is 16.3 Å². The summed E-state index contributed by atoms with van der Waals surface area (Å²) in [5.74, 6) is -0.358. The van der Waals surface area contributed by atoms with Gasteiger partial charge in [-0.25, -0.2) is 14.4 Å². The third-order valence-corrected chi connectivity index (χ3v) is 6.98. The molecule has 1 amide bonds. The Kier molecular flexibility index (Phi) is 6.30. The van der Waals surface area contributed by atoms with Crippen LogP contribution in [0, 0.1) is 5.82 Å². The third kappa shape index (κ3) is 4.85. The number of amides is 1. The Bertz CT molecular complexity index is 1650. The first-order valence-electron chi connectivity index (χ1n) is 11.8. The number of fused-ring (bicyclic) bond motifs is 3. The fourth-order valence-corrected chi connectivity index (χ4v) is 4.89. The molecule has 6 rings (SSSR count). The van der Waals surface area contributed by atoms with E-state index in [2.05, 4.69) is 46.5 Å². The summed E-state index contributed by atoms with van der Waals surface area (Å²) in [6, 6.07) is 5.83. The molecule has 0 saturated carbocycles. The molecule has 1 aromatic carbocycles. The van der Waals surface area contributed by atoms with Crippen LogP contribution in [0.1, 0.15) is 16.1 Å². The second kappa shape index (κ2) is 9.68. The molecule has 0 aliphatic carbocycles. The van der Waals surface area contributed by atoms with Crippen LogP contribution >= 0.6 is 15.9 Å². The van der Waals surface area contributed by atoms with Gasteiger partial charge < -0.3 is 19.9 Å². The number of hydrogen-bond donors (Lipinski definition) is 2. The number of hydrogen-bond acceptors (Lipinski definition) is 7. The predicted octanol–water partition coefficient (Wildman–Crippen LogP) is 4.34. The molecule has 1 saturated heterocycles. The Morgan fingerprint density at radius 2 is 2.00 bits per heavy atom. The molecule has 0 radical (unpaired) electrons. The van der Waals surface area contributed by atoms with Gasteiger partial charge in [0.25, 0.3) is 5.91 Å². The van der Waals surface area contributed by atoms with Crippen LogP contribution in [0.25, 0.3) is 22.5 Å². The van der Waals surface area contributed by atoms with Crippen LogP contribution in [-0.4, -0.2) is 51.2 Å². The van der Waals surface area contributed by atoms with Crippen LogP contribution in [0.5, 0.6) is 0 Å². The van der Waals surface area contributed by atoms with Gasteiger partial charge in [-0.1, -0.05) is 15.9 Å². The largest absolute Gasteiger partial charge is 0.416 e. The minimum absolute atomic E-state index is 0.0350. The molecule has 4 aliphatic rings. The highest BCUT2D eigenvalue weighted by molar-refractivity contribution is 9.10. The van der Waals surface area contributed by atoms with Crippen molar-refractivity contribution < 1.29 is 27.1 Å². The average Bonchev–Trinajstić information content (AvgIpc) is 3.37. The van der Waals surface area contributed by atoms with Gasteiger partial charge >= 0.3 is 6.18 Å². The van der Waals surface area contributed by atoms with E-state index < -0.39 is 29.2 Å². The quantitative estimate of drug-likeness (QED) is 0.336. The van der Waals surface area contributed by atoms with Crippen LogP contribution in [0.15, 0.2) is 52.2 Å². The molecule has 0 bridgehead atoms. The van der Waals surface area contributed by atoms with E-state index in [9.17, 15) is 22.4 Å². The number of ether oxygens (including phenoxy) is 1. The van der Waals surface area contributed by atoms with E-state index in [1.165, 1.54) is 12.1 Å². The van der Waals surface area contributed by atoms with Crippen LogP contribution in [0.2, 0.25) is 0 Å². The average molecular weight is 604 g/mol. The van der Waals surface area contributed by atoms with Gasteiger partial charge in [-0.05, 0) is 30.3 Å². The molecule has 2 aromatic rings. The summed E-state index contributed by atoms with van der Waals surface area (Å²) < 4.78 is 61.7. The van der Waals surface area contributed by atoms with Gasteiger partial charge in [-0.2, -0.15) is 18.2 Å². The van der Waals surface area contributed by atoms with Crippen molar-refractivity contribution in [2.24, 2.45) is 4.99 Å². The molecule has 0 unspecified atom stereocenters. The predicted molar refractivity (Wildman–Crippen MR) is 136 cm³/mol. The van der Waals surface area contributed by atoms with Crippen molar-refractivity contribution in [3.8, 4) is 22.5 Å². The van der Waals surface area contributed by atoms with Gasteiger partial charge in [-0.15, -0.1) is 0 Å². The molecule has 9 nitrogen and oxygen atoms in total. The number of nitrogens with one attached hydrogen (secondary N) is 2. The molecular formula is C25H18BrF4N7O2. The molecule has 0 spiro atoms. The fraction of sp³-hybridized carbons (Fsp3) is 0.240. The Morgan fingerprint density at radius 1 is 1.18 bits per heavy atom. The molecule has 1 aromatic heterocycles. The number of alkyl halides is 3. The van der Waals surface area contributed by atoms with Gasteiger partial charge in [0, 0.05) is 46.6 Å². The highest BCUT2D eigenvalue weighted by Gasteiger charge is 2.31. The van der Waals surface area contributed by atoms with Crippen LogP contribution in [0.3, 0.4) is 0 Å². The number of aromatic nitrogens is 4. The summed E-state index contributed by atoms with van der Waals surface area (Å²) >= 11 is 3.40. The minimum Gasteiger partial charge on any atom is -0.377 e. The summed E-state index contributed by atoms with van der Waals surface area (Å²) in [5.41, 5.74) is 0.544. The van der Waals surface area contributed by atoms with E-state index in [0.717, 1.165) is 23.6 Å². The lowest BCUT2D eigenvalue weighted by Gasteiger charge is -2.21. The maximum atomic E-state index is 14.9. The highest BCUT2D eigenvalue weighted by Crippen LogP contribution is 2.41. The highest BCUT2D eigenvalue weighted by atomic mass is 79.9. The molecule has 4 aliphatic heterocycles. The van der Waals surface area contributed by atoms with Gasteiger partial charge in [0.05, 0.1) is 24.5 Å². The van der Waals surface area contributed by atoms with Crippen molar-refractivity contribution in [3.63, 3.8) is 0 Å². The first-order valence-corrected chi connectivity index (χ1v) is 12.6. The molecule has 5 heterocycles. The Hall–Kier alpha value is -3.91. The van der Waals surface area contributed by atoms with Crippen molar-refractivity contribution >= 4 is 33.3 Å². The molecule has 200 valence electrons. The molecule has 14 heteroatoms. The third-order valence-electron chi connectivity index (χ3n) is 6.33. The summed E-state index contributed by atoms with van der Waals surface area (Å²) in [4.78, 5) is 29.9. The van der Waals surface area contributed by atoms with Crippen molar-refractivity contribution in [1.29, 1.82) is 0 Å². The monoisotopic (exact) mass is 603 g/mol. The summed E-state index contributed by atoms with van der Waals surface area (Å²) in [5, 5.41) is 5.67. The number of benzene rings is 1. The van der Waals surface area contributed by atoms with E-state index in [4.69, 9.17) is 4.74 Å². The number of anilines is 2. The molecule has 0 atom stereocenters. The van der Waals surface area contributed by atoms with Crippen molar-refractivity contribution in [2.45, 2.75) is 18.8 Å². The smallest absolute Gasteiger partial charge is 0.377 e. The normalized spacial score (nSPS) is 15.7. The summed E-state index contributed by atoms with van der Waals surface area (Å²) in [6.45, 7) is 2.32. The zero-order valence-electron chi connectivity index (χ0n) is 19.9. The second-order valence-corrected chi connectivity index (χ2v) is 9.80. The van der Waals surface area contributed by atoms with E-state index in [1.807, 2.05) is 10.6 Å².